The van der Waals surface area contributed by atoms with E-state index in [4.69, 9.17) is 0 Å². The number of hydrogen-bond donors (Lipinski definition) is 1. The van der Waals surface area contributed by atoms with Crippen molar-refractivity contribution in [3.05, 3.63) is 12.3 Å². The first-order chi connectivity index (χ1) is 6.45. The summed E-state index contributed by atoms with van der Waals surface area (Å²) in [4.78, 5) is 11.2. The van der Waals surface area contributed by atoms with Crippen molar-refractivity contribution in [1.82, 2.24) is 9.78 Å². The smallest absolute Gasteiger partial charge is 0.236 e. The summed E-state index contributed by atoms with van der Waals surface area (Å²) in [6.07, 6.45) is 1.68. The van der Waals surface area contributed by atoms with Crippen molar-refractivity contribution in [2.24, 2.45) is 0 Å². The Hall–Kier alpha value is -0.840. The SMILES string of the molecule is CC(C)(C)n1nccc1NC(=O)CBr. The van der Waals surface area contributed by atoms with Gasteiger partial charge in [-0.2, -0.15) is 5.10 Å². The maximum Gasteiger partial charge on any atom is 0.236 e. The molecule has 5 heteroatoms. The van der Waals surface area contributed by atoms with Gasteiger partial charge in [0, 0.05) is 6.07 Å². The van der Waals surface area contributed by atoms with Crippen LogP contribution in [0, 0.1) is 0 Å². The van der Waals surface area contributed by atoms with Crippen LogP contribution in [0.3, 0.4) is 0 Å². The fraction of sp³-hybridized carbons (Fsp3) is 0.556. The minimum Gasteiger partial charge on any atom is -0.310 e. The third-order valence-electron chi connectivity index (χ3n) is 1.67. The molecular weight excluding hydrogens is 246 g/mol. The number of nitrogens with zero attached hydrogens (tertiary/aromatic N) is 2. The molecule has 0 atom stereocenters. The molecule has 0 bridgehead atoms. The molecule has 0 radical (unpaired) electrons. The van der Waals surface area contributed by atoms with Crippen molar-refractivity contribution in [1.29, 1.82) is 0 Å². The van der Waals surface area contributed by atoms with Gasteiger partial charge in [0.15, 0.2) is 0 Å². The molecule has 1 aromatic rings. The normalized spacial score (nSPS) is 11.4. The third-order valence-corrected chi connectivity index (χ3v) is 2.18. The van der Waals surface area contributed by atoms with Crippen LogP contribution in [-0.2, 0) is 10.3 Å². The highest BCUT2D eigenvalue weighted by molar-refractivity contribution is 9.09. The van der Waals surface area contributed by atoms with Gasteiger partial charge in [0.05, 0.1) is 17.1 Å². The van der Waals surface area contributed by atoms with Gasteiger partial charge in [-0.15, -0.1) is 0 Å². The van der Waals surface area contributed by atoms with Crippen LogP contribution < -0.4 is 5.32 Å². The zero-order chi connectivity index (χ0) is 10.8. The fourth-order valence-electron chi connectivity index (χ4n) is 1.11. The Kier molecular flexibility index (Phi) is 3.31. The first-order valence-corrected chi connectivity index (χ1v) is 5.47. The molecule has 0 aliphatic carbocycles. The summed E-state index contributed by atoms with van der Waals surface area (Å²) in [5, 5.41) is 7.22. The number of hydrogen-bond acceptors (Lipinski definition) is 2. The van der Waals surface area contributed by atoms with Gasteiger partial charge in [0.2, 0.25) is 5.91 Å². The standard InChI is InChI=1S/C9H14BrN3O/c1-9(2,3)13-7(4-5-11-13)12-8(14)6-10/h4-5H,6H2,1-3H3,(H,12,14). The van der Waals surface area contributed by atoms with Gasteiger partial charge in [-0.25, -0.2) is 4.68 Å². The lowest BCUT2D eigenvalue weighted by Gasteiger charge is -2.22. The quantitative estimate of drug-likeness (QED) is 0.826. The van der Waals surface area contributed by atoms with E-state index in [1.165, 1.54) is 0 Å². The van der Waals surface area contributed by atoms with E-state index in [1.54, 1.807) is 16.9 Å². The van der Waals surface area contributed by atoms with Crippen molar-refractivity contribution >= 4 is 27.7 Å². The zero-order valence-corrected chi connectivity index (χ0v) is 10.1. The number of alkyl halides is 1. The molecule has 14 heavy (non-hydrogen) atoms. The molecule has 0 fully saturated rings. The second kappa shape index (κ2) is 4.13. The minimum absolute atomic E-state index is 0.0731. The predicted molar refractivity (Wildman–Crippen MR) is 59.6 cm³/mol. The monoisotopic (exact) mass is 259 g/mol. The van der Waals surface area contributed by atoms with Gasteiger partial charge >= 0.3 is 0 Å². The van der Waals surface area contributed by atoms with Gasteiger partial charge in [-0.05, 0) is 20.8 Å². The number of anilines is 1. The van der Waals surface area contributed by atoms with Gasteiger partial charge in [-0.3, -0.25) is 4.79 Å². The molecule has 1 amide bonds. The number of carbonyl (C=O) groups is 1. The molecule has 0 aliphatic rings. The number of aromatic nitrogens is 2. The van der Waals surface area contributed by atoms with Crippen LogP contribution in [-0.4, -0.2) is 21.0 Å². The summed E-state index contributed by atoms with van der Waals surface area (Å²) in [6.45, 7) is 6.09. The van der Waals surface area contributed by atoms with E-state index in [2.05, 4.69) is 26.3 Å². The molecule has 1 aromatic heterocycles. The molecular formula is C9H14BrN3O. The Morgan fingerprint density at radius 1 is 1.64 bits per heavy atom. The highest BCUT2D eigenvalue weighted by atomic mass is 79.9. The van der Waals surface area contributed by atoms with Crippen molar-refractivity contribution in [2.45, 2.75) is 26.3 Å². The summed E-state index contributed by atoms with van der Waals surface area (Å²) in [6, 6.07) is 1.78. The van der Waals surface area contributed by atoms with Gasteiger partial charge < -0.3 is 5.32 Å². The summed E-state index contributed by atoms with van der Waals surface area (Å²) in [5.41, 5.74) is -0.127. The molecule has 1 N–H and O–H groups in total. The Morgan fingerprint density at radius 3 is 2.79 bits per heavy atom. The Balaban J connectivity index is 2.88. The minimum atomic E-state index is -0.127. The first kappa shape index (κ1) is 11.2. The lowest BCUT2D eigenvalue weighted by Crippen LogP contribution is -2.26. The zero-order valence-electron chi connectivity index (χ0n) is 8.54. The fourth-order valence-corrected chi connectivity index (χ4v) is 1.25. The summed E-state index contributed by atoms with van der Waals surface area (Å²) in [5.74, 6) is 0.651. The summed E-state index contributed by atoms with van der Waals surface area (Å²) < 4.78 is 1.79. The van der Waals surface area contributed by atoms with E-state index in [0.29, 0.717) is 5.33 Å². The van der Waals surface area contributed by atoms with Crippen LogP contribution in [0.2, 0.25) is 0 Å². The molecule has 0 saturated heterocycles. The van der Waals surface area contributed by atoms with Crippen molar-refractivity contribution in [3.63, 3.8) is 0 Å². The Morgan fingerprint density at radius 2 is 2.29 bits per heavy atom. The average molecular weight is 260 g/mol. The predicted octanol–water partition coefficient (Wildman–Crippen LogP) is 1.97. The lowest BCUT2D eigenvalue weighted by atomic mass is 10.1. The summed E-state index contributed by atoms with van der Waals surface area (Å²) in [7, 11) is 0. The van der Waals surface area contributed by atoms with Crippen LogP contribution in [0.25, 0.3) is 0 Å². The second-order valence-corrected chi connectivity index (χ2v) is 4.54. The molecule has 1 rings (SSSR count). The van der Waals surface area contributed by atoms with Crippen LogP contribution >= 0.6 is 15.9 Å². The molecule has 0 unspecified atom stereocenters. The number of halogens is 1. The molecule has 1 heterocycles. The van der Waals surface area contributed by atoms with Gasteiger partial charge in [-0.1, -0.05) is 15.9 Å². The number of rotatable bonds is 2. The molecule has 0 aromatic carbocycles. The second-order valence-electron chi connectivity index (χ2n) is 3.98. The first-order valence-electron chi connectivity index (χ1n) is 4.35. The summed E-state index contributed by atoms with van der Waals surface area (Å²) >= 11 is 3.09. The third kappa shape index (κ3) is 2.57. The topological polar surface area (TPSA) is 46.9 Å². The lowest BCUT2D eigenvalue weighted by molar-refractivity contribution is -0.113. The number of carbonyl (C=O) groups excluding carboxylic acids is 1. The molecule has 78 valence electrons. The molecule has 0 saturated carbocycles. The van der Waals surface area contributed by atoms with E-state index in [-0.39, 0.29) is 11.4 Å². The van der Waals surface area contributed by atoms with E-state index >= 15 is 0 Å². The van der Waals surface area contributed by atoms with Crippen LogP contribution in [0.15, 0.2) is 12.3 Å². The van der Waals surface area contributed by atoms with Crippen molar-refractivity contribution in [3.8, 4) is 0 Å². The van der Waals surface area contributed by atoms with Crippen LogP contribution in [0.4, 0.5) is 5.82 Å². The number of nitrogens with one attached hydrogen (secondary N) is 1. The van der Waals surface area contributed by atoms with Gasteiger partial charge in [0.1, 0.15) is 5.82 Å². The molecule has 0 spiro atoms. The average Bonchev–Trinajstić information content (AvgIpc) is 2.51. The largest absolute Gasteiger partial charge is 0.310 e. The number of amides is 1. The molecule has 4 nitrogen and oxygen atoms in total. The van der Waals surface area contributed by atoms with Crippen molar-refractivity contribution in [2.75, 3.05) is 10.6 Å². The van der Waals surface area contributed by atoms with Gasteiger partial charge in [0.25, 0.3) is 0 Å². The molecule has 0 aliphatic heterocycles. The highest BCUT2D eigenvalue weighted by Crippen LogP contribution is 2.18. The van der Waals surface area contributed by atoms with Crippen LogP contribution in [0.5, 0.6) is 0 Å². The highest BCUT2D eigenvalue weighted by Gasteiger charge is 2.17. The maximum absolute atomic E-state index is 11.2. The van der Waals surface area contributed by atoms with E-state index in [1.807, 2.05) is 20.8 Å². The van der Waals surface area contributed by atoms with E-state index in [0.717, 1.165) is 5.82 Å². The maximum atomic E-state index is 11.2. The van der Waals surface area contributed by atoms with Crippen molar-refractivity contribution < 1.29 is 4.79 Å². The van der Waals surface area contributed by atoms with Crippen LogP contribution in [0.1, 0.15) is 20.8 Å². The Labute approximate surface area is 91.8 Å². The van der Waals surface area contributed by atoms with E-state index in [9.17, 15) is 4.79 Å². The Bertz CT molecular complexity index is 327. The van der Waals surface area contributed by atoms with E-state index < -0.39 is 0 Å².